The normalized spacial score (nSPS) is 11.1. The second-order valence-corrected chi connectivity index (χ2v) is 5.36. The van der Waals surface area contributed by atoms with Gasteiger partial charge in [-0.3, -0.25) is 10.4 Å². The summed E-state index contributed by atoms with van der Waals surface area (Å²) in [5.74, 6) is 0. The highest BCUT2D eigenvalue weighted by molar-refractivity contribution is 5.63. The van der Waals surface area contributed by atoms with E-state index in [9.17, 15) is 0 Å². The molecule has 0 saturated heterocycles. The van der Waals surface area contributed by atoms with E-state index < -0.39 is 0 Å². The van der Waals surface area contributed by atoms with Crippen molar-refractivity contribution < 1.29 is 0 Å². The largest absolute Gasteiger partial charge is 0.298 e. The van der Waals surface area contributed by atoms with Gasteiger partial charge in [-0.25, -0.2) is 0 Å². The molecular weight excluding hydrogens is 280 g/mol. The van der Waals surface area contributed by atoms with E-state index in [2.05, 4.69) is 59.8 Å². The van der Waals surface area contributed by atoms with E-state index in [1.807, 2.05) is 54.6 Å². The molecular formula is C21H20N2. The van der Waals surface area contributed by atoms with E-state index in [1.54, 1.807) is 0 Å². The molecule has 0 unspecified atom stereocenters. The minimum absolute atomic E-state index is 1.07. The van der Waals surface area contributed by atoms with Crippen LogP contribution in [0.15, 0.2) is 96.7 Å². The Morgan fingerprint density at radius 3 is 1.61 bits per heavy atom. The van der Waals surface area contributed by atoms with Crippen molar-refractivity contribution in [3.63, 3.8) is 0 Å². The number of hydrogen-bond acceptors (Lipinski definition) is 2. The zero-order valence-electron chi connectivity index (χ0n) is 13.2. The van der Waals surface area contributed by atoms with Crippen molar-refractivity contribution in [3.05, 3.63) is 102 Å². The van der Waals surface area contributed by atoms with Crippen molar-refractivity contribution in [3.8, 4) is 0 Å². The van der Waals surface area contributed by atoms with Crippen LogP contribution in [0.4, 0.5) is 11.4 Å². The lowest BCUT2D eigenvalue weighted by atomic mass is 10.2. The van der Waals surface area contributed by atoms with Crippen LogP contribution >= 0.6 is 0 Å². The average molecular weight is 300 g/mol. The predicted octanol–water partition coefficient (Wildman–Crippen LogP) is 5.39. The summed E-state index contributed by atoms with van der Waals surface area (Å²) in [6, 6.07) is 30.9. The molecule has 0 saturated carbocycles. The van der Waals surface area contributed by atoms with Crippen LogP contribution in [0.25, 0.3) is 6.08 Å². The first-order valence-electron chi connectivity index (χ1n) is 7.73. The van der Waals surface area contributed by atoms with Gasteiger partial charge in [0.15, 0.2) is 0 Å². The Morgan fingerprint density at radius 2 is 1.13 bits per heavy atom. The fourth-order valence-electron chi connectivity index (χ4n) is 2.44. The Kier molecular flexibility index (Phi) is 4.75. The average Bonchev–Trinajstić information content (AvgIpc) is 2.62. The van der Waals surface area contributed by atoms with Crippen molar-refractivity contribution in [1.82, 2.24) is 5.43 Å². The predicted molar refractivity (Wildman–Crippen MR) is 98.3 cm³/mol. The highest BCUT2D eigenvalue weighted by atomic mass is 15.5. The number of hydrogen-bond donors (Lipinski definition) is 1. The molecule has 0 amide bonds. The van der Waals surface area contributed by atoms with E-state index in [1.165, 1.54) is 5.56 Å². The molecule has 3 rings (SSSR count). The molecule has 3 aromatic rings. The lowest BCUT2D eigenvalue weighted by Crippen LogP contribution is -2.32. The van der Waals surface area contributed by atoms with Crippen LogP contribution in [0, 0.1) is 0 Å². The number of anilines is 2. The van der Waals surface area contributed by atoms with Gasteiger partial charge < -0.3 is 0 Å². The van der Waals surface area contributed by atoms with Gasteiger partial charge >= 0.3 is 0 Å². The molecule has 1 N–H and O–H groups in total. The maximum Gasteiger partial charge on any atom is 0.0630 e. The number of benzene rings is 3. The molecule has 0 fully saturated rings. The Hall–Kier alpha value is -3.00. The van der Waals surface area contributed by atoms with Crippen molar-refractivity contribution in [1.29, 1.82) is 0 Å². The number of hydrazine groups is 1. The van der Waals surface area contributed by atoms with Gasteiger partial charge in [0, 0.05) is 5.70 Å². The molecule has 0 aliphatic heterocycles. The van der Waals surface area contributed by atoms with Crippen LogP contribution in [0.1, 0.15) is 12.5 Å². The highest BCUT2D eigenvalue weighted by Crippen LogP contribution is 2.23. The molecule has 0 radical (unpaired) electrons. The fourth-order valence-corrected chi connectivity index (χ4v) is 2.44. The maximum absolute atomic E-state index is 3.49. The number of para-hydroxylation sites is 2. The summed E-state index contributed by atoms with van der Waals surface area (Å²) < 4.78 is 0. The van der Waals surface area contributed by atoms with Crippen LogP contribution in [0.2, 0.25) is 0 Å². The van der Waals surface area contributed by atoms with Crippen LogP contribution in [0.3, 0.4) is 0 Å². The molecule has 114 valence electrons. The molecule has 23 heavy (non-hydrogen) atoms. The summed E-state index contributed by atoms with van der Waals surface area (Å²) in [5, 5.41) is 2.09. The van der Waals surface area contributed by atoms with Crippen LogP contribution in [-0.2, 0) is 0 Å². The summed E-state index contributed by atoms with van der Waals surface area (Å²) in [6.45, 7) is 2.08. The first-order chi connectivity index (χ1) is 11.3. The standard InChI is InChI=1S/C21H20N2/c1-18(17-19-11-5-2-6-12-19)22-23(20-13-7-3-8-14-20)21-15-9-4-10-16-21/h2-17,22H,1H3. The second kappa shape index (κ2) is 7.32. The lowest BCUT2D eigenvalue weighted by molar-refractivity contribution is 0.834. The van der Waals surface area contributed by atoms with E-state index in [0.717, 1.165) is 17.1 Å². The lowest BCUT2D eigenvalue weighted by Gasteiger charge is -2.27. The van der Waals surface area contributed by atoms with Crippen molar-refractivity contribution in [2.75, 3.05) is 5.01 Å². The molecule has 0 aliphatic rings. The van der Waals surface area contributed by atoms with Crippen molar-refractivity contribution in [2.24, 2.45) is 0 Å². The summed E-state index contributed by atoms with van der Waals surface area (Å²) in [5.41, 5.74) is 7.94. The van der Waals surface area contributed by atoms with Crippen LogP contribution in [-0.4, -0.2) is 0 Å². The molecule has 0 aliphatic carbocycles. The Morgan fingerprint density at radius 1 is 0.696 bits per heavy atom. The molecule has 0 atom stereocenters. The fraction of sp³-hybridized carbons (Fsp3) is 0.0476. The van der Waals surface area contributed by atoms with Gasteiger partial charge in [-0.05, 0) is 42.8 Å². The Balaban J connectivity index is 1.89. The summed E-state index contributed by atoms with van der Waals surface area (Å²) in [4.78, 5) is 0. The van der Waals surface area contributed by atoms with Gasteiger partial charge in [0.25, 0.3) is 0 Å². The van der Waals surface area contributed by atoms with E-state index >= 15 is 0 Å². The van der Waals surface area contributed by atoms with Gasteiger partial charge in [0.1, 0.15) is 0 Å². The third-order valence-corrected chi connectivity index (χ3v) is 3.50. The van der Waals surface area contributed by atoms with Gasteiger partial charge in [-0.15, -0.1) is 0 Å². The molecule has 0 aromatic heterocycles. The summed E-state index contributed by atoms with van der Waals surface area (Å²) in [6.07, 6.45) is 2.14. The number of allylic oxidation sites excluding steroid dienone is 1. The number of nitrogens with zero attached hydrogens (tertiary/aromatic N) is 1. The highest BCUT2D eigenvalue weighted by Gasteiger charge is 2.08. The number of nitrogens with one attached hydrogen (secondary N) is 1. The molecule has 3 aromatic carbocycles. The van der Waals surface area contributed by atoms with E-state index in [4.69, 9.17) is 0 Å². The minimum atomic E-state index is 1.07. The topological polar surface area (TPSA) is 15.3 Å². The van der Waals surface area contributed by atoms with E-state index in [0.29, 0.717) is 0 Å². The second-order valence-electron chi connectivity index (χ2n) is 5.36. The van der Waals surface area contributed by atoms with Gasteiger partial charge in [-0.2, -0.15) is 0 Å². The van der Waals surface area contributed by atoms with Gasteiger partial charge in [0.2, 0.25) is 0 Å². The first-order valence-corrected chi connectivity index (χ1v) is 7.73. The monoisotopic (exact) mass is 300 g/mol. The quantitative estimate of drug-likeness (QED) is 0.635. The maximum atomic E-state index is 3.49. The minimum Gasteiger partial charge on any atom is -0.298 e. The molecule has 0 heterocycles. The SMILES string of the molecule is CC(=Cc1ccccc1)NN(c1ccccc1)c1ccccc1. The van der Waals surface area contributed by atoms with Gasteiger partial charge in [0.05, 0.1) is 11.4 Å². The van der Waals surface area contributed by atoms with Crippen molar-refractivity contribution >= 4 is 17.5 Å². The molecule has 2 nitrogen and oxygen atoms in total. The number of rotatable bonds is 5. The Bertz CT molecular complexity index is 710. The third-order valence-electron chi connectivity index (χ3n) is 3.50. The third kappa shape index (κ3) is 4.01. The molecule has 0 spiro atoms. The molecule has 2 heteroatoms. The zero-order chi connectivity index (χ0) is 15.9. The summed E-state index contributed by atoms with van der Waals surface area (Å²) >= 11 is 0. The van der Waals surface area contributed by atoms with Crippen LogP contribution < -0.4 is 10.4 Å². The van der Waals surface area contributed by atoms with Crippen LogP contribution in [0.5, 0.6) is 0 Å². The Labute approximate surface area is 137 Å². The van der Waals surface area contributed by atoms with Crippen molar-refractivity contribution in [2.45, 2.75) is 6.92 Å². The van der Waals surface area contributed by atoms with Gasteiger partial charge in [-0.1, -0.05) is 66.7 Å². The molecule has 0 bridgehead atoms. The smallest absolute Gasteiger partial charge is 0.0630 e. The summed E-state index contributed by atoms with van der Waals surface area (Å²) in [7, 11) is 0. The zero-order valence-corrected chi connectivity index (χ0v) is 13.2. The van der Waals surface area contributed by atoms with E-state index in [-0.39, 0.29) is 0 Å². The first kappa shape index (κ1) is 14.9.